The normalized spacial score (nSPS) is 12.1. The van der Waals surface area contributed by atoms with Crippen LogP contribution < -0.4 is 0 Å². The molecular weight excluding hydrogens is 240 g/mol. The van der Waals surface area contributed by atoms with E-state index < -0.39 is 0 Å². The van der Waals surface area contributed by atoms with Gasteiger partial charge < -0.3 is 9.80 Å². The van der Waals surface area contributed by atoms with Gasteiger partial charge in [0.2, 0.25) is 11.8 Å². The fourth-order valence-corrected chi connectivity index (χ4v) is 2.04. The average molecular weight is 270 g/mol. The van der Waals surface area contributed by atoms with Gasteiger partial charge >= 0.3 is 0 Å². The van der Waals surface area contributed by atoms with E-state index in [4.69, 9.17) is 0 Å². The fourth-order valence-electron chi connectivity index (χ4n) is 2.04. The summed E-state index contributed by atoms with van der Waals surface area (Å²) >= 11 is 0. The monoisotopic (exact) mass is 270 g/mol. The Kier molecular flexibility index (Phi) is 9.27. The van der Waals surface area contributed by atoms with Crippen molar-refractivity contribution in [1.29, 1.82) is 0 Å². The molecule has 0 heterocycles. The number of nitrogens with zero attached hydrogens (tertiary/aromatic N) is 2. The van der Waals surface area contributed by atoms with Gasteiger partial charge in [0.15, 0.2) is 0 Å². The molecule has 19 heavy (non-hydrogen) atoms. The third-order valence-corrected chi connectivity index (χ3v) is 3.42. The largest absolute Gasteiger partial charge is 0.344 e. The molecule has 112 valence electrons. The van der Waals surface area contributed by atoms with Gasteiger partial charge in [-0.15, -0.1) is 0 Å². The number of carbonyl (C=O) groups is 2. The van der Waals surface area contributed by atoms with Crippen LogP contribution in [0.15, 0.2) is 0 Å². The molecule has 0 fully saturated rings. The van der Waals surface area contributed by atoms with Crippen LogP contribution in [0.1, 0.15) is 53.4 Å². The summed E-state index contributed by atoms with van der Waals surface area (Å²) in [6, 6.07) is 0. The van der Waals surface area contributed by atoms with E-state index in [2.05, 4.69) is 6.92 Å². The second-order valence-electron chi connectivity index (χ2n) is 5.21. The van der Waals surface area contributed by atoms with Crippen LogP contribution in [0.3, 0.4) is 0 Å². The van der Waals surface area contributed by atoms with Gasteiger partial charge in [0, 0.05) is 26.1 Å². The van der Waals surface area contributed by atoms with Crippen LogP contribution in [0.2, 0.25) is 0 Å². The van der Waals surface area contributed by atoms with Crippen molar-refractivity contribution in [2.45, 2.75) is 53.4 Å². The molecule has 0 rings (SSSR count). The lowest BCUT2D eigenvalue weighted by Gasteiger charge is -2.26. The number of amides is 2. The van der Waals surface area contributed by atoms with E-state index in [9.17, 15) is 9.59 Å². The molecule has 0 aliphatic heterocycles. The van der Waals surface area contributed by atoms with Crippen molar-refractivity contribution in [3.63, 3.8) is 0 Å². The minimum atomic E-state index is 0.0178. The van der Waals surface area contributed by atoms with Gasteiger partial charge in [0.05, 0.1) is 6.54 Å². The second kappa shape index (κ2) is 9.82. The number of hydrogen-bond acceptors (Lipinski definition) is 2. The van der Waals surface area contributed by atoms with Crippen LogP contribution in [-0.4, -0.2) is 48.3 Å². The number of likely N-dealkylation sites (N-methyl/N-ethyl adjacent to an activating group) is 2. The summed E-state index contributed by atoms with van der Waals surface area (Å²) in [4.78, 5) is 27.6. The maximum Gasteiger partial charge on any atom is 0.241 e. The highest BCUT2D eigenvalue weighted by Crippen LogP contribution is 2.11. The Bertz CT molecular complexity index is 279. The highest BCUT2D eigenvalue weighted by atomic mass is 16.2. The Balaban J connectivity index is 4.40. The molecule has 0 aromatic heterocycles. The van der Waals surface area contributed by atoms with Crippen molar-refractivity contribution in [2.75, 3.05) is 26.7 Å². The van der Waals surface area contributed by atoms with Gasteiger partial charge in [-0.05, 0) is 19.8 Å². The van der Waals surface area contributed by atoms with Crippen LogP contribution >= 0.6 is 0 Å². The molecule has 0 saturated heterocycles. The number of rotatable bonds is 9. The molecule has 4 heteroatoms. The zero-order valence-corrected chi connectivity index (χ0v) is 13.2. The zero-order chi connectivity index (χ0) is 14.8. The van der Waals surface area contributed by atoms with E-state index >= 15 is 0 Å². The summed E-state index contributed by atoms with van der Waals surface area (Å²) in [5, 5.41) is 0. The summed E-state index contributed by atoms with van der Waals surface area (Å²) in [7, 11) is 1.80. The third kappa shape index (κ3) is 6.60. The molecule has 0 N–H and O–H groups in total. The number of carbonyl (C=O) groups excluding carboxylic acids is 2. The van der Waals surface area contributed by atoms with Gasteiger partial charge in [-0.1, -0.05) is 33.6 Å². The van der Waals surface area contributed by atoms with Gasteiger partial charge in [-0.2, -0.15) is 0 Å². The van der Waals surface area contributed by atoms with Gasteiger partial charge in [-0.3, -0.25) is 9.59 Å². The fraction of sp³-hybridized carbons (Fsp3) is 0.867. The molecule has 0 saturated carbocycles. The summed E-state index contributed by atoms with van der Waals surface area (Å²) < 4.78 is 0. The molecular formula is C15H30N2O2. The molecule has 0 aliphatic rings. The van der Waals surface area contributed by atoms with Crippen molar-refractivity contribution in [1.82, 2.24) is 9.80 Å². The van der Waals surface area contributed by atoms with E-state index in [1.165, 1.54) is 0 Å². The Hall–Kier alpha value is -1.06. The van der Waals surface area contributed by atoms with E-state index in [1.807, 2.05) is 20.8 Å². The summed E-state index contributed by atoms with van der Waals surface area (Å²) in [6.45, 7) is 9.61. The van der Waals surface area contributed by atoms with Crippen LogP contribution in [0.4, 0.5) is 0 Å². The summed E-state index contributed by atoms with van der Waals surface area (Å²) in [6.07, 6.45) is 4.01. The van der Waals surface area contributed by atoms with Crippen molar-refractivity contribution in [3.05, 3.63) is 0 Å². The molecule has 0 aromatic carbocycles. The number of hydrogen-bond donors (Lipinski definition) is 0. The zero-order valence-electron chi connectivity index (χ0n) is 13.2. The highest BCUT2D eigenvalue weighted by Gasteiger charge is 2.22. The van der Waals surface area contributed by atoms with Crippen LogP contribution in [-0.2, 0) is 9.59 Å². The third-order valence-electron chi connectivity index (χ3n) is 3.42. The van der Waals surface area contributed by atoms with Gasteiger partial charge in [0.1, 0.15) is 0 Å². The Morgan fingerprint density at radius 2 is 1.74 bits per heavy atom. The van der Waals surface area contributed by atoms with Crippen molar-refractivity contribution in [2.24, 2.45) is 5.92 Å². The standard InChI is InChI=1S/C15H30N2O2/c1-6-9-10-13(4)15(19)17(8-3)12-14(18)16(5)11-7-2/h13H,6-12H2,1-5H3. The van der Waals surface area contributed by atoms with E-state index in [0.29, 0.717) is 6.54 Å². The van der Waals surface area contributed by atoms with Gasteiger partial charge in [0.25, 0.3) is 0 Å². The molecule has 0 aliphatic carbocycles. The predicted molar refractivity (Wildman–Crippen MR) is 78.9 cm³/mol. The first-order chi connectivity index (χ1) is 8.97. The quantitative estimate of drug-likeness (QED) is 0.646. The number of unbranched alkanes of at least 4 members (excludes halogenated alkanes) is 1. The molecule has 0 aromatic rings. The van der Waals surface area contributed by atoms with Gasteiger partial charge in [-0.25, -0.2) is 0 Å². The lowest BCUT2D eigenvalue weighted by Crippen LogP contribution is -2.43. The maximum atomic E-state index is 12.3. The van der Waals surface area contributed by atoms with Crippen LogP contribution in [0.25, 0.3) is 0 Å². The first-order valence-corrected chi connectivity index (χ1v) is 7.50. The molecule has 2 amide bonds. The minimum Gasteiger partial charge on any atom is -0.344 e. The predicted octanol–water partition coefficient (Wildman–Crippen LogP) is 2.53. The molecule has 0 spiro atoms. The Labute approximate surface area is 118 Å². The van der Waals surface area contributed by atoms with Crippen molar-refractivity contribution in [3.8, 4) is 0 Å². The minimum absolute atomic E-state index is 0.0178. The maximum absolute atomic E-state index is 12.3. The Morgan fingerprint density at radius 1 is 1.11 bits per heavy atom. The molecule has 1 unspecified atom stereocenters. The molecule has 1 atom stereocenters. The van der Waals surface area contributed by atoms with Crippen molar-refractivity contribution < 1.29 is 9.59 Å². The van der Waals surface area contributed by atoms with Crippen molar-refractivity contribution >= 4 is 11.8 Å². The SMILES string of the molecule is CCCCC(C)C(=O)N(CC)CC(=O)N(C)CCC. The summed E-state index contributed by atoms with van der Waals surface area (Å²) in [5.74, 6) is 0.151. The summed E-state index contributed by atoms with van der Waals surface area (Å²) in [5.41, 5.74) is 0. The van der Waals surface area contributed by atoms with Crippen LogP contribution in [0.5, 0.6) is 0 Å². The van der Waals surface area contributed by atoms with E-state index in [0.717, 1.165) is 32.2 Å². The second-order valence-corrected chi connectivity index (χ2v) is 5.21. The molecule has 0 bridgehead atoms. The first-order valence-electron chi connectivity index (χ1n) is 7.50. The molecule has 0 radical (unpaired) electrons. The van der Waals surface area contributed by atoms with Crippen LogP contribution in [0, 0.1) is 5.92 Å². The highest BCUT2D eigenvalue weighted by molar-refractivity contribution is 5.85. The Morgan fingerprint density at radius 3 is 2.21 bits per heavy atom. The molecule has 4 nitrogen and oxygen atoms in total. The lowest BCUT2D eigenvalue weighted by atomic mass is 10.0. The average Bonchev–Trinajstić information content (AvgIpc) is 2.41. The lowest BCUT2D eigenvalue weighted by molar-refractivity contribution is -0.142. The topological polar surface area (TPSA) is 40.6 Å². The van der Waals surface area contributed by atoms with E-state index in [1.54, 1.807) is 16.8 Å². The van der Waals surface area contributed by atoms with E-state index in [-0.39, 0.29) is 24.3 Å². The first kappa shape index (κ1) is 17.9. The smallest absolute Gasteiger partial charge is 0.241 e.